The molecule has 0 bridgehead atoms. The van der Waals surface area contributed by atoms with Crippen LogP contribution < -0.4 is 0 Å². The first kappa shape index (κ1) is 21.6. The van der Waals surface area contributed by atoms with E-state index in [9.17, 15) is 12.8 Å². The van der Waals surface area contributed by atoms with Crippen molar-refractivity contribution in [3.63, 3.8) is 0 Å². The smallest absolute Gasteiger partial charge is 0.180 e. The summed E-state index contributed by atoms with van der Waals surface area (Å²) in [4.78, 5) is 14.2. The van der Waals surface area contributed by atoms with Crippen molar-refractivity contribution in [2.24, 2.45) is 20.9 Å². The van der Waals surface area contributed by atoms with Crippen LogP contribution in [-0.4, -0.2) is 37.0 Å². The molecule has 1 aliphatic carbocycles. The summed E-state index contributed by atoms with van der Waals surface area (Å²) in [6.07, 6.45) is 8.87. The van der Waals surface area contributed by atoms with Gasteiger partial charge in [0.25, 0.3) is 0 Å². The van der Waals surface area contributed by atoms with E-state index in [-0.39, 0.29) is 4.90 Å². The number of aliphatic imine (C=N–C) groups is 3. The monoisotopic (exact) mass is 461 g/mol. The van der Waals surface area contributed by atoms with Gasteiger partial charge in [-0.25, -0.2) is 27.8 Å². The van der Waals surface area contributed by atoms with Crippen LogP contribution in [0.3, 0.4) is 0 Å². The quantitative estimate of drug-likeness (QED) is 0.576. The second kappa shape index (κ2) is 7.70. The maximum Gasteiger partial charge on any atom is 0.180 e. The lowest BCUT2D eigenvalue weighted by Crippen LogP contribution is -2.35. The molecular formula is C26H24FN3O2S. The highest BCUT2D eigenvalue weighted by molar-refractivity contribution is 7.92. The Balaban J connectivity index is 1.55. The van der Waals surface area contributed by atoms with E-state index in [4.69, 9.17) is 4.99 Å². The molecule has 0 radical (unpaired) electrons. The van der Waals surface area contributed by atoms with Gasteiger partial charge in [0.05, 0.1) is 21.6 Å². The highest BCUT2D eigenvalue weighted by Crippen LogP contribution is 2.41. The maximum absolute atomic E-state index is 14.8. The van der Waals surface area contributed by atoms with Crippen molar-refractivity contribution < 1.29 is 12.8 Å². The first-order chi connectivity index (χ1) is 15.8. The molecule has 0 fully saturated rings. The molecule has 2 aromatic carbocycles. The molecule has 2 aromatic rings. The largest absolute Gasteiger partial charge is 0.250 e. The first-order valence-electron chi connectivity index (χ1n) is 11.0. The Labute approximate surface area is 193 Å². The molecule has 0 saturated heterocycles. The van der Waals surface area contributed by atoms with Crippen LogP contribution in [0, 0.1) is 11.7 Å². The Morgan fingerprint density at radius 3 is 2.52 bits per heavy atom. The van der Waals surface area contributed by atoms with Gasteiger partial charge in [0.15, 0.2) is 15.4 Å². The van der Waals surface area contributed by atoms with Crippen molar-refractivity contribution in [2.45, 2.75) is 42.9 Å². The van der Waals surface area contributed by atoms with Gasteiger partial charge in [-0.2, -0.15) is 0 Å². The summed E-state index contributed by atoms with van der Waals surface area (Å²) in [7, 11) is -3.39. The van der Waals surface area contributed by atoms with E-state index in [0.717, 1.165) is 23.4 Å². The topological polar surface area (TPSA) is 71.2 Å². The number of allylic oxidation sites excluding steroid dienone is 2. The second-order valence-corrected chi connectivity index (χ2v) is 11.2. The fourth-order valence-corrected chi connectivity index (χ4v) is 5.42. The number of hydrogen-bond donors (Lipinski definition) is 0. The molecule has 3 aliphatic rings. The van der Waals surface area contributed by atoms with Gasteiger partial charge >= 0.3 is 0 Å². The molecule has 0 aromatic heterocycles. The number of rotatable bonds is 5. The van der Waals surface area contributed by atoms with E-state index in [1.807, 2.05) is 0 Å². The van der Waals surface area contributed by atoms with Crippen LogP contribution in [0.2, 0.25) is 0 Å². The van der Waals surface area contributed by atoms with Crippen molar-refractivity contribution in [3.05, 3.63) is 77.8 Å². The Morgan fingerprint density at radius 2 is 1.82 bits per heavy atom. The van der Waals surface area contributed by atoms with E-state index in [1.54, 1.807) is 44.5 Å². The molecule has 2 atom stereocenters. The van der Waals surface area contributed by atoms with Gasteiger partial charge in [0.1, 0.15) is 17.9 Å². The van der Waals surface area contributed by atoms with Crippen molar-refractivity contribution >= 4 is 27.6 Å². The predicted octanol–water partition coefficient (Wildman–Crippen LogP) is 5.18. The molecule has 0 saturated carbocycles. The number of benzene rings is 2. The minimum atomic E-state index is -3.39. The molecule has 2 heterocycles. The molecule has 0 amide bonds. The minimum absolute atomic E-state index is 0.227. The third-order valence-corrected chi connectivity index (χ3v) is 8.61. The average Bonchev–Trinajstić information content (AvgIpc) is 3.36. The van der Waals surface area contributed by atoms with Crippen LogP contribution in [0.1, 0.15) is 32.8 Å². The van der Waals surface area contributed by atoms with Gasteiger partial charge in [-0.05, 0) is 68.2 Å². The van der Waals surface area contributed by atoms with E-state index >= 15 is 0 Å². The SMILES string of the molecule is CCC1C=CC23N=CN=C2C(c2ccc(F)c(-c4ccc(S(=O)(=O)C(C)C)cc4)c2)=NC3=C1. The molecule has 7 heteroatoms. The summed E-state index contributed by atoms with van der Waals surface area (Å²) in [6.45, 7) is 5.41. The minimum Gasteiger partial charge on any atom is -0.250 e. The fourth-order valence-electron chi connectivity index (χ4n) is 4.36. The highest BCUT2D eigenvalue weighted by Gasteiger charge is 2.48. The number of sulfone groups is 1. The van der Waals surface area contributed by atoms with Gasteiger partial charge in [0, 0.05) is 11.1 Å². The second-order valence-electron chi connectivity index (χ2n) is 8.74. The molecule has 33 heavy (non-hydrogen) atoms. The number of hydrogen-bond acceptors (Lipinski definition) is 5. The standard InChI is InChI=1S/C26H24FN3O2S/c1-4-17-11-12-26-23(13-17)30-24(25(26)28-15-29-26)19-7-10-22(27)21(14-19)18-5-8-20(9-6-18)33(31,32)16(2)3/h5-17H,4H2,1-3H3. The van der Waals surface area contributed by atoms with Crippen molar-refractivity contribution in [1.82, 2.24) is 0 Å². The molecule has 2 unspecified atom stereocenters. The summed E-state index contributed by atoms with van der Waals surface area (Å²) < 4.78 is 39.7. The first-order valence-corrected chi connectivity index (χ1v) is 12.6. The van der Waals surface area contributed by atoms with Gasteiger partial charge < -0.3 is 0 Å². The fraction of sp³-hybridized carbons (Fsp3) is 0.269. The molecule has 2 aliphatic heterocycles. The summed E-state index contributed by atoms with van der Waals surface area (Å²) in [5, 5.41) is -0.523. The zero-order valence-corrected chi connectivity index (χ0v) is 19.5. The van der Waals surface area contributed by atoms with E-state index in [1.165, 1.54) is 18.2 Å². The van der Waals surface area contributed by atoms with Crippen LogP contribution in [0.5, 0.6) is 0 Å². The normalized spacial score (nSPS) is 23.3. The van der Waals surface area contributed by atoms with E-state index < -0.39 is 26.4 Å². The Bertz CT molecular complexity index is 1400. The Kier molecular flexibility index (Phi) is 5.05. The lowest BCUT2D eigenvalue weighted by molar-refractivity contribution is 0.587. The molecule has 5 rings (SSSR count). The van der Waals surface area contributed by atoms with Crippen LogP contribution in [0.25, 0.3) is 11.1 Å². The number of nitrogens with zero attached hydrogens (tertiary/aromatic N) is 3. The highest BCUT2D eigenvalue weighted by atomic mass is 32.2. The van der Waals surface area contributed by atoms with E-state index in [2.05, 4.69) is 35.1 Å². The summed E-state index contributed by atoms with van der Waals surface area (Å²) in [5.41, 5.74) is 3.32. The molecular weight excluding hydrogens is 437 g/mol. The number of halogens is 1. The third-order valence-electron chi connectivity index (χ3n) is 6.44. The Morgan fingerprint density at radius 1 is 1.09 bits per heavy atom. The summed E-state index contributed by atoms with van der Waals surface area (Å²) in [5.74, 6) is -0.0890. The van der Waals surface area contributed by atoms with Crippen LogP contribution in [0.4, 0.5) is 4.39 Å². The lowest BCUT2D eigenvalue weighted by Gasteiger charge is -2.24. The van der Waals surface area contributed by atoms with E-state index in [0.29, 0.717) is 22.8 Å². The third kappa shape index (κ3) is 3.33. The lowest BCUT2D eigenvalue weighted by atomic mass is 9.82. The molecule has 168 valence electrons. The maximum atomic E-state index is 14.8. The zero-order chi connectivity index (χ0) is 23.4. The predicted molar refractivity (Wildman–Crippen MR) is 130 cm³/mol. The van der Waals surface area contributed by atoms with Gasteiger partial charge in [-0.15, -0.1) is 0 Å². The summed E-state index contributed by atoms with van der Waals surface area (Å²) >= 11 is 0. The van der Waals surface area contributed by atoms with Gasteiger partial charge in [-0.1, -0.05) is 31.2 Å². The average molecular weight is 462 g/mol. The van der Waals surface area contributed by atoms with Crippen LogP contribution in [0.15, 0.2) is 86.3 Å². The van der Waals surface area contributed by atoms with Crippen molar-refractivity contribution in [2.75, 3.05) is 0 Å². The molecule has 0 N–H and O–H groups in total. The van der Waals surface area contributed by atoms with Crippen molar-refractivity contribution in [3.8, 4) is 11.1 Å². The van der Waals surface area contributed by atoms with Crippen molar-refractivity contribution in [1.29, 1.82) is 0 Å². The zero-order valence-electron chi connectivity index (χ0n) is 18.7. The van der Waals surface area contributed by atoms with Gasteiger partial charge in [-0.3, -0.25) is 0 Å². The Hall–Kier alpha value is -3.19. The summed E-state index contributed by atoms with van der Waals surface area (Å²) in [6, 6.07) is 11.2. The van der Waals surface area contributed by atoms with Crippen LogP contribution >= 0.6 is 0 Å². The molecule has 5 nitrogen and oxygen atoms in total. The molecule has 1 spiro atoms. The van der Waals surface area contributed by atoms with Gasteiger partial charge in [0.2, 0.25) is 0 Å². The van der Waals surface area contributed by atoms with Crippen LogP contribution in [-0.2, 0) is 9.84 Å².